The molecule has 2 aromatic rings. The molecule has 4 nitrogen and oxygen atoms in total. The van der Waals surface area contributed by atoms with Gasteiger partial charge in [-0.05, 0) is 29.8 Å². The molecule has 0 bridgehead atoms. The summed E-state index contributed by atoms with van der Waals surface area (Å²) < 4.78 is 11.2. The van der Waals surface area contributed by atoms with Crippen molar-refractivity contribution in [3.63, 3.8) is 0 Å². The Hall–Kier alpha value is -1.27. The maximum atomic E-state index is 10.2. The molecule has 0 aliphatic rings. The summed E-state index contributed by atoms with van der Waals surface area (Å²) in [7, 11) is 3.17. The minimum absolute atomic E-state index is 0.436. The zero-order valence-electron chi connectivity index (χ0n) is 11.9. The number of aliphatic hydroxyl groups excluding tert-OH is 1. The van der Waals surface area contributed by atoms with E-state index in [2.05, 4.69) is 5.32 Å². The highest BCUT2D eigenvalue weighted by molar-refractivity contribution is 7.16. The summed E-state index contributed by atoms with van der Waals surface area (Å²) in [6, 6.07) is 9.22. The Morgan fingerprint density at radius 3 is 2.38 bits per heavy atom. The highest BCUT2D eigenvalue weighted by Gasteiger charge is 2.11. The van der Waals surface area contributed by atoms with Crippen LogP contribution < -0.4 is 14.8 Å². The van der Waals surface area contributed by atoms with Gasteiger partial charge in [-0.2, -0.15) is 0 Å². The fourth-order valence-electron chi connectivity index (χ4n) is 1.92. The molecule has 2 rings (SSSR count). The lowest BCUT2D eigenvalue weighted by Gasteiger charge is -2.14. The van der Waals surface area contributed by atoms with E-state index in [0.717, 1.165) is 14.8 Å². The minimum atomic E-state index is -0.635. The third kappa shape index (κ3) is 4.61. The molecular weight excluding hydrogens is 310 g/mol. The number of halogens is 1. The number of thiophene rings is 1. The fraction of sp³-hybridized carbons (Fsp3) is 0.333. The first kappa shape index (κ1) is 16.1. The van der Waals surface area contributed by atoms with Crippen molar-refractivity contribution in [2.75, 3.05) is 20.8 Å². The quantitative estimate of drug-likeness (QED) is 0.819. The SMILES string of the molecule is COc1cc(OC)cc(C(O)CNCc2ccc(Cl)s2)c1. The highest BCUT2D eigenvalue weighted by Crippen LogP contribution is 2.26. The lowest BCUT2D eigenvalue weighted by atomic mass is 10.1. The van der Waals surface area contributed by atoms with Crippen molar-refractivity contribution in [3.8, 4) is 11.5 Å². The van der Waals surface area contributed by atoms with Crippen LogP contribution in [-0.2, 0) is 6.54 Å². The van der Waals surface area contributed by atoms with Crippen LogP contribution in [-0.4, -0.2) is 25.9 Å². The first-order valence-corrected chi connectivity index (χ1v) is 7.67. The second kappa shape index (κ2) is 7.66. The average molecular weight is 328 g/mol. The van der Waals surface area contributed by atoms with Crippen molar-refractivity contribution in [1.82, 2.24) is 5.32 Å². The summed E-state index contributed by atoms with van der Waals surface area (Å²) in [6.07, 6.45) is -0.635. The molecule has 0 saturated carbocycles. The average Bonchev–Trinajstić information content (AvgIpc) is 2.92. The van der Waals surface area contributed by atoms with Crippen LogP contribution in [0.1, 0.15) is 16.5 Å². The molecule has 2 N–H and O–H groups in total. The largest absolute Gasteiger partial charge is 0.497 e. The standard InChI is InChI=1S/C15H18ClNO3S/c1-19-11-5-10(6-12(7-11)20-2)14(18)9-17-8-13-3-4-15(16)21-13/h3-7,14,17-18H,8-9H2,1-2H3. The maximum Gasteiger partial charge on any atom is 0.122 e. The van der Waals surface area contributed by atoms with Crippen LogP contribution in [0.4, 0.5) is 0 Å². The topological polar surface area (TPSA) is 50.7 Å². The van der Waals surface area contributed by atoms with Crippen molar-refractivity contribution in [3.05, 3.63) is 45.1 Å². The van der Waals surface area contributed by atoms with Crippen molar-refractivity contribution < 1.29 is 14.6 Å². The van der Waals surface area contributed by atoms with Gasteiger partial charge >= 0.3 is 0 Å². The number of rotatable bonds is 7. The molecular formula is C15H18ClNO3S. The first-order chi connectivity index (χ1) is 10.1. The Kier molecular flexibility index (Phi) is 5.87. The molecule has 21 heavy (non-hydrogen) atoms. The predicted octanol–water partition coefficient (Wildman–Crippen LogP) is 3.24. The molecule has 0 radical (unpaired) electrons. The summed E-state index contributed by atoms with van der Waals surface area (Å²) in [4.78, 5) is 1.13. The Labute approximate surface area is 133 Å². The van der Waals surface area contributed by atoms with Gasteiger partial charge in [0.25, 0.3) is 0 Å². The summed E-state index contributed by atoms with van der Waals surface area (Å²) in [5.41, 5.74) is 0.753. The van der Waals surface area contributed by atoms with Crippen LogP contribution in [0.2, 0.25) is 4.34 Å². The number of nitrogens with one attached hydrogen (secondary N) is 1. The number of benzene rings is 1. The lowest BCUT2D eigenvalue weighted by Crippen LogP contribution is -2.20. The van der Waals surface area contributed by atoms with Gasteiger partial charge in [-0.15, -0.1) is 11.3 Å². The molecule has 1 atom stereocenters. The van der Waals surface area contributed by atoms with E-state index in [4.69, 9.17) is 21.1 Å². The van der Waals surface area contributed by atoms with Crippen molar-refractivity contribution in [1.29, 1.82) is 0 Å². The van der Waals surface area contributed by atoms with Gasteiger partial charge in [0.2, 0.25) is 0 Å². The molecule has 6 heteroatoms. The van der Waals surface area contributed by atoms with E-state index in [1.54, 1.807) is 32.4 Å². The molecule has 0 fully saturated rings. The summed E-state index contributed by atoms with van der Waals surface area (Å²) >= 11 is 7.41. The van der Waals surface area contributed by atoms with Gasteiger partial charge in [-0.3, -0.25) is 0 Å². The smallest absolute Gasteiger partial charge is 0.122 e. The van der Waals surface area contributed by atoms with E-state index in [1.165, 1.54) is 11.3 Å². The van der Waals surface area contributed by atoms with Gasteiger partial charge in [0, 0.05) is 24.0 Å². The van der Waals surface area contributed by atoms with Crippen LogP contribution in [0, 0.1) is 0 Å². The molecule has 1 aromatic heterocycles. The van der Waals surface area contributed by atoms with Gasteiger partial charge < -0.3 is 19.9 Å². The Balaban J connectivity index is 1.94. The number of methoxy groups -OCH3 is 2. The molecule has 0 aliphatic heterocycles. The monoisotopic (exact) mass is 327 g/mol. The molecule has 1 aromatic carbocycles. The molecule has 0 aliphatic carbocycles. The van der Waals surface area contributed by atoms with E-state index in [1.807, 2.05) is 12.1 Å². The summed E-state index contributed by atoms with van der Waals surface area (Å²) in [6.45, 7) is 1.11. The normalized spacial score (nSPS) is 12.2. The third-order valence-electron chi connectivity index (χ3n) is 3.02. The molecule has 1 heterocycles. The predicted molar refractivity (Wildman–Crippen MR) is 85.5 cm³/mol. The zero-order valence-corrected chi connectivity index (χ0v) is 13.5. The molecule has 1 unspecified atom stereocenters. The minimum Gasteiger partial charge on any atom is -0.497 e. The van der Waals surface area contributed by atoms with Gasteiger partial charge in [0.1, 0.15) is 11.5 Å². The number of hydrogen-bond acceptors (Lipinski definition) is 5. The van der Waals surface area contributed by atoms with Crippen LogP contribution in [0.15, 0.2) is 30.3 Å². The van der Waals surface area contributed by atoms with E-state index in [0.29, 0.717) is 24.6 Å². The van der Waals surface area contributed by atoms with E-state index < -0.39 is 6.10 Å². The Morgan fingerprint density at radius 1 is 1.19 bits per heavy atom. The first-order valence-electron chi connectivity index (χ1n) is 6.48. The Morgan fingerprint density at radius 2 is 1.86 bits per heavy atom. The lowest BCUT2D eigenvalue weighted by molar-refractivity contribution is 0.173. The van der Waals surface area contributed by atoms with E-state index in [9.17, 15) is 5.11 Å². The fourth-order valence-corrected chi connectivity index (χ4v) is 2.98. The van der Waals surface area contributed by atoms with Gasteiger partial charge in [0.05, 0.1) is 24.7 Å². The van der Waals surface area contributed by atoms with Crippen LogP contribution in [0.3, 0.4) is 0 Å². The van der Waals surface area contributed by atoms with Gasteiger partial charge in [-0.25, -0.2) is 0 Å². The Bertz CT molecular complexity index is 566. The number of aliphatic hydroxyl groups is 1. The van der Waals surface area contributed by atoms with Gasteiger partial charge in [-0.1, -0.05) is 11.6 Å². The molecule has 0 spiro atoms. The summed E-state index contributed by atoms with van der Waals surface area (Å²) in [5, 5.41) is 13.5. The highest BCUT2D eigenvalue weighted by atomic mass is 35.5. The zero-order chi connectivity index (χ0) is 15.2. The van der Waals surface area contributed by atoms with Crippen molar-refractivity contribution >= 4 is 22.9 Å². The number of ether oxygens (including phenoxy) is 2. The van der Waals surface area contributed by atoms with Crippen molar-refractivity contribution in [2.45, 2.75) is 12.6 Å². The maximum absolute atomic E-state index is 10.2. The second-order valence-electron chi connectivity index (χ2n) is 4.50. The van der Waals surface area contributed by atoms with E-state index in [-0.39, 0.29) is 0 Å². The number of hydrogen-bond donors (Lipinski definition) is 2. The van der Waals surface area contributed by atoms with E-state index >= 15 is 0 Å². The molecule has 0 amide bonds. The molecule has 0 saturated heterocycles. The second-order valence-corrected chi connectivity index (χ2v) is 6.30. The van der Waals surface area contributed by atoms with Crippen LogP contribution in [0.25, 0.3) is 0 Å². The van der Waals surface area contributed by atoms with Crippen LogP contribution in [0.5, 0.6) is 11.5 Å². The molecule has 114 valence electrons. The van der Waals surface area contributed by atoms with Crippen LogP contribution >= 0.6 is 22.9 Å². The summed E-state index contributed by atoms with van der Waals surface area (Å²) in [5.74, 6) is 1.32. The van der Waals surface area contributed by atoms with Gasteiger partial charge in [0.15, 0.2) is 0 Å². The third-order valence-corrected chi connectivity index (χ3v) is 4.26. The van der Waals surface area contributed by atoms with Crippen molar-refractivity contribution in [2.24, 2.45) is 0 Å².